The lowest BCUT2D eigenvalue weighted by Crippen LogP contribution is -2.20. The zero-order chi connectivity index (χ0) is 12.3. The minimum Gasteiger partial charge on any atom is -0.346 e. The second kappa shape index (κ2) is 5.12. The van der Waals surface area contributed by atoms with Gasteiger partial charge in [0.1, 0.15) is 5.82 Å². The van der Waals surface area contributed by atoms with Crippen LogP contribution in [0.3, 0.4) is 0 Å². The lowest BCUT2D eigenvalue weighted by Gasteiger charge is -2.02. The molecule has 4 nitrogen and oxygen atoms in total. The summed E-state index contributed by atoms with van der Waals surface area (Å²) < 4.78 is 0. The van der Waals surface area contributed by atoms with Crippen LogP contribution in [0.5, 0.6) is 0 Å². The van der Waals surface area contributed by atoms with Gasteiger partial charge in [0.25, 0.3) is 0 Å². The molecule has 1 heterocycles. The van der Waals surface area contributed by atoms with Gasteiger partial charge in [0.15, 0.2) is 0 Å². The van der Waals surface area contributed by atoms with E-state index in [1.807, 2.05) is 0 Å². The summed E-state index contributed by atoms with van der Waals surface area (Å²) in [5.74, 6) is 6.32. The number of aromatic nitrogens is 2. The molecule has 0 bridgehead atoms. The van der Waals surface area contributed by atoms with Crippen LogP contribution in [0.25, 0.3) is 11.3 Å². The van der Waals surface area contributed by atoms with Gasteiger partial charge in [-0.3, -0.25) is 11.3 Å². The summed E-state index contributed by atoms with van der Waals surface area (Å²) in [6.07, 6.45) is 0.927. The number of aromatic amines is 1. The molecule has 1 aromatic carbocycles. The molecular formula is C13H18N4. The Bertz CT molecular complexity index is 485. The fourth-order valence-corrected chi connectivity index (χ4v) is 1.87. The Morgan fingerprint density at radius 2 is 2.00 bits per heavy atom. The fourth-order valence-electron chi connectivity index (χ4n) is 1.87. The van der Waals surface area contributed by atoms with E-state index in [9.17, 15) is 0 Å². The highest BCUT2D eigenvalue weighted by Gasteiger charge is 2.07. The number of nitrogens with one attached hydrogen (secondary N) is 2. The quantitative estimate of drug-likeness (QED) is 0.555. The van der Waals surface area contributed by atoms with E-state index in [1.54, 1.807) is 0 Å². The van der Waals surface area contributed by atoms with E-state index in [4.69, 9.17) is 5.84 Å². The van der Waals surface area contributed by atoms with Crippen molar-refractivity contribution < 1.29 is 0 Å². The summed E-state index contributed by atoms with van der Waals surface area (Å²) in [5.41, 5.74) is 7.10. The van der Waals surface area contributed by atoms with E-state index in [2.05, 4.69) is 53.5 Å². The molecular weight excluding hydrogens is 212 g/mol. The molecule has 0 unspecified atom stereocenters. The van der Waals surface area contributed by atoms with Gasteiger partial charge in [0.05, 0.1) is 5.69 Å². The summed E-state index contributed by atoms with van der Waals surface area (Å²) in [6.45, 7) is 4.83. The molecule has 0 spiro atoms. The van der Waals surface area contributed by atoms with Crippen LogP contribution in [0.4, 0.5) is 0 Å². The lowest BCUT2D eigenvalue weighted by molar-refractivity contribution is 0.741. The van der Waals surface area contributed by atoms with Gasteiger partial charge in [-0.25, -0.2) is 4.98 Å². The average Bonchev–Trinajstić information content (AvgIpc) is 2.72. The molecule has 4 heteroatoms. The highest BCUT2D eigenvalue weighted by molar-refractivity contribution is 5.62. The number of imidazole rings is 1. The SMILES string of the molecule is CCc1nc(-c2ccc(CNN)cc2)c(C)[nH]1. The second-order valence-electron chi connectivity index (χ2n) is 4.09. The first-order valence-electron chi connectivity index (χ1n) is 5.83. The Morgan fingerprint density at radius 1 is 1.29 bits per heavy atom. The third-order valence-electron chi connectivity index (χ3n) is 2.80. The van der Waals surface area contributed by atoms with Crippen LogP contribution in [0, 0.1) is 6.92 Å². The molecule has 90 valence electrons. The molecule has 0 amide bonds. The molecule has 0 aliphatic heterocycles. The average molecular weight is 230 g/mol. The maximum absolute atomic E-state index is 5.29. The van der Waals surface area contributed by atoms with E-state index in [0.29, 0.717) is 6.54 Å². The number of nitrogens with two attached hydrogens (primary N) is 1. The first kappa shape index (κ1) is 11.8. The van der Waals surface area contributed by atoms with Crippen LogP contribution in [0.15, 0.2) is 24.3 Å². The zero-order valence-corrected chi connectivity index (χ0v) is 10.2. The van der Waals surface area contributed by atoms with Crippen molar-refractivity contribution in [3.63, 3.8) is 0 Å². The number of rotatable bonds is 4. The summed E-state index contributed by atoms with van der Waals surface area (Å²) in [6, 6.07) is 8.29. The van der Waals surface area contributed by atoms with Gasteiger partial charge in [-0.1, -0.05) is 31.2 Å². The number of benzene rings is 1. The number of hydrogen-bond donors (Lipinski definition) is 3. The third kappa shape index (κ3) is 2.54. The fraction of sp³-hybridized carbons (Fsp3) is 0.308. The van der Waals surface area contributed by atoms with Gasteiger partial charge in [-0.2, -0.15) is 0 Å². The van der Waals surface area contributed by atoms with E-state index < -0.39 is 0 Å². The van der Waals surface area contributed by atoms with Gasteiger partial charge >= 0.3 is 0 Å². The van der Waals surface area contributed by atoms with E-state index in [0.717, 1.165) is 29.2 Å². The Kier molecular flexibility index (Phi) is 3.56. The molecule has 4 N–H and O–H groups in total. The summed E-state index contributed by atoms with van der Waals surface area (Å²) in [5, 5.41) is 0. The van der Waals surface area contributed by atoms with Gasteiger partial charge in [0.2, 0.25) is 0 Å². The molecule has 0 saturated carbocycles. The second-order valence-corrected chi connectivity index (χ2v) is 4.09. The molecule has 1 aromatic heterocycles. The normalized spacial score (nSPS) is 10.8. The van der Waals surface area contributed by atoms with Gasteiger partial charge in [-0.05, 0) is 12.5 Å². The summed E-state index contributed by atoms with van der Waals surface area (Å²) >= 11 is 0. The Morgan fingerprint density at radius 3 is 2.53 bits per heavy atom. The Hall–Kier alpha value is -1.65. The number of nitrogens with zero attached hydrogens (tertiary/aromatic N) is 1. The summed E-state index contributed by atoms with van der Waals surface area (Å²) in [7, 11) is 0. The van der Waals surface area contributed by atoms with E-state index in [1.165, 1.54) is 5.56 Å². The third-order valence-corrected chi connectivity index (χ3v) is 2.80. The van der Waals surface area contributed by atoms with Gasteiger partial charge in [-0.15, -0.1) is 0 Å². The van der Waals surface area contributed by atoms with Crippen LogP contribution in [-0.4, -0.2) is 9.97 Å². The maximum atomic E-state index is 5.29. The van der Waals surface area contributed by atoms with Crippen LogP contribution in [0.1, 0.15) is 24.0 Å². The Labute approximate surface area is 101 Å². The highest BCUT2D eigenvalue weighted by atomic mass is 15.2. The first-order valence-corrected chi connectivity index (χ1v) is 5.83. The highest BCUT2D eigenvalue weighted by Crippen LogP contribution is 2.21. The number of hydrogen-bond acceptors (Lipinski definition) is 3. The van der Waals surface area contributed by atoms with E-state index in [-0.39, 0.29) is 0 Å². The van der Waals surface area contributed by atoms with Crippen molar-refractivity contribution in [2.75, 3.05) is 0 Å². The molecule has 2 rings (SSSR count). The van der Waals surface area contributed by atoms with Gasteiger partial charge < -0.3 is 4.98 Å². The van der Waals surface area contributed by atoms with Crippen LogP contribution < -0.4 is 11.3 Å². The van der Waals surface area contributed by atoms with Crippen molar-refractivity contribution in [3.8, 4) is 11.3 Å². The summed E-state index contributed by atoms with van der Waals surface area (Å²) in [4.78, 5) is 7.87. The molecule has 2 aromatic rings. The topological polar surface area (TPSA) is 66.7 Å². The standard InChI is InChI=1S/C13H18N4/c1-3-12-16-9(2)13(17-12)11-6-4-10(5-7-11)8-15-14/h4-7,15H,3,8,14H2,1-2H3,(H,16,17). The molecule has 0 aliphatic carbocycles. The van der Waals surface area contributed by atoms with Gasteiger partial charge in [0, 0.05) is 24.2 Å². The maximum Gasteiger partial charge on any atom is 0.106 e. The van der Waals surface area contributed by atoms with Crippen molar-refractivity contribution in [1.29, 1.82) is 0 Å². The molecule has 0 saturated heterocycles. The van der Waals surface area contributed by atoms with Crippen LogP contribution in [-0.2, 0) is 13.0 Å². The van der Waals surface area contributed by atoms with Crippen molar-refractivity contribution >= 4 is 0 Å². The van der Waals surface area contributed by atoms with E-state index >= 15 is 0 Å². The number of aryl methyl sites for hydroxylation is 2. The lowest BCUT2D eigenvalue weighted by atomic mass is 10.1. The minimum atomic E-state index is 0.681. The first-order chi connectivity index (χ1) is 8.24. The number of H-pyrrole nitrogens is 1. The molecule has 0 aliphatic rings. The number of hydrazine groups is 1. The molecule has 0 radical (unpaired) electrons. The van der Waals surface area contributed by atoms with Crippen molar-refractivity contribution in [2.24, 2.45) is 5.84 Å². The zero-order valence-electron chi connectivity index (χ0n) is 10.2. The van der Waals surface area contributed by atoms with Crippen LogP contribution in [0.2, 0.25) is 0 Å². The molecule has 0 fully saturated rings. The monoisotopic (exact) mass is 230 g/mol. The van der Waals surface area contributed by atoms with Crippen molar-refractivity contribution in [2.45, 2.75) is 26.8 Å². The smallest absolute Gasteiger partial charge is 0.106 e. The molecule has 17 heavy (non-hydrogen) atoms. The van der Waals surface area contributed by atoms with Crippen LogP contribution >= 0.6 is 0 Å². The minimum absolute atomic E-state index is 0.681. The largest absolute Gasteiger partial charge is 0.346 e. The molecule has 0 atom stereocenters. The van der Waals surface area contributed by atoms with Crippen molar-refractivity contribution in [3.05, 3.63) is 41.3 Å². The Balaban J connectivity index is 2.29. The predicted octanol–water partition coefficient (Wildman–Crippen LogP) is 1.91. The predicted molar refractivity (Wildman–Crippen MR) is 69.2 cm³/mol. The van der Waals surface area contributed by atoms with Crippen molar-refractivity contribution in [1.82, 2.24) is 15.4 Å².